The Morgan fingerprint density at radius 1 is 0.794 bits per heavy atom. The zero-order valence-electron chi connectivity index (χ0n) is 19.3. The summed E-state index contributed by atoms with van der Waals surface area (Å²) in [7, 11) is 0. The lowest BCUT2D eigenvalue weighted by molar-refractivity contribution is 0.292. The Kier molecular flexibility index (Phi) is 6.72. The summed E-state index contributed by atoms with van der Waals surface area (Å²) in [4.78, 5) is 4.56. The maximum Gasteiger partial charge on any atom is 0.170 e. The largest absolute Gasteiger partial charge is 0.362 e. The summed E-state index contributed by atoms with van der Waals surface area (Å²) in [6.45, 7) is 0.845. The van der Waals surface area contributed by atoms with Crippen LogP contribution in [0.15, 0.2) is 91.1 Å². The maximum absolute atomic E-state index is 5.62. The van der Waals surface area contributed by atoms with Gasteiger partial charge in [-0.05, 0) is 65.7 Å². The summed E-state index contributed by atoms with van der Waals surface area (Å²) >= 11 is 5.62. The van der Waals surface area contributed by atoms with Crippen LogP contribution in [0.4, 0.5) is 17.2 Å². The van der Waals surface area contributed by atoms with Gasteiger partial charge in [0.05, 0.1) is 11.9 Å². The maximum atomic E-state index is 5.62. The van der Waals surface area contributed by atoms with E-state index in [1.165, 1.54) is 48.4 Å². The number of anilines is 3. The summed E-state index contributed by atoms with van der Waals surface area (Å²) in [6, 6.07) is 29.5. The molecule has 34 heavy (non-hydrogen) atoms. The molecule has 0 radical (unpaired) electrons. The molecule has 1 aromatic heterocycles. The highest BCUT2D eigenvalue weighted by Gasteiger charge is 2.33. The molecule has 3 aromatic carbocycles. The Bertz CT molecular complexity index is 1250. The van der Waals surface area contributed by atoms with E-state index in [4.69, 9.17) is 12.2 Å². The SMILES string of the molecule is S=C(NCC1(c2ccccc2)CCCCC1)Nc1ccc(Nc2ccc3ccccc3c2)nc1. The van der Waals surface area contributed by atoms with Crippen molar-refractivity contribution in [1.82, 2.24) is 10.3 Å². The number of hydrogen-bond acceptors (Lipinski definition) is 3. The van der Waals surface area contributed by atoms with E-state index in [1.807, 2.05) is 18.3 Å². The summed E-state index contributed by atoms with van der Waals surface area (Å²) in [5.74, 6) is 0.796. The lowest BCUT2D eigenvalue weighted by Gasteiger charge is -2.38. The average Bonchev–Trinajstić information content (AvgIpc) is 2.90. The number of rotatable bonds is 6. The smallest absolute Gasteiger partial charge is 0.170 e. The first-order valence-electron chi connectivity index (χ1n) is 12.0. The molecule has 0 saturated heterocycles. The van der Waals surface area contributed by atoms with Crippen molar-refractivity contribution in [3.8, 4) is 0 Å². The molecule has 3 N–H and O–H groups in total. The van der Waals surface area contributed by atoms with Crippen LogP contribution in [0.1, 0.15) is 37.7 Å². The van der Waals surface area contributed by atoms with Crippen molar-refractivity contribution in [2.75, 3.05) is 17.2 Å². The molecule has 1 aliphatic carbocycles. The molecule has 1 fully saturated rings. The zero-order valence-corrected chi connectivity index (χ0v) is 20.1. The van der Waals surface area contributed by atoms with Crippen LogP contribution in [0.2, 0.25) is 0 Å². The van der Waals surface area contributed by atoms with Crippen molar-refractivity contribution in [2.24, 2.45) is 0 Å². The van der Waals surface area contributed by atoms with Gasteiger partial charge in [0.2, 0.25) is 0 Å². The van der Waals surface area contributed by atoms with Crippen molar-refractivity contribution in [3.63, 3.8) is 0 Å². The minimum absolute atomic E-state index is 0.150. The topological polar surface area (TPSA) is 49.0 Å². The molecule has 172 valence electrons. The van der Waals surface area contributed by atoms with Crippen LogP contribution >= 0.6 is 12.2 Å². The molecule has 1 aliphatic rings. The Balaban J connectivity index is 1.19. The van der Waals surface area contributed by atoms with Gasteiger partial charge in [-0.1, -0.05) is 79.9 Å². The van der Waals surface area contributed by atoms with E-state index >= 15 is 0 Å². The van der Waals surface area contributed by atoms with Crippen molar-refractivity contribution in [1.29, 1.82) is 0 Å². The number of aromatic nitrogens is 1. The van der Waals surface area contributed by atoms with Gasteiger partial charge in [0.25, 0.3) is 0 Å². The third-order valence-electron chi connectivity index (χ3n) is 6.83. The molecular formula is C29H30N4S. The molecule has 1 saturated carbocycles. The van der Waals surface area contributed by atoms with Crippen molar-refractivity contribution < 1.29 is 0 Å². The highest BCUT2D eigenvalue weighted by atomic mass is 32.1. The average molecular weight is 467 g/mol. The number of pyridine rings is 1. The van der Waals surface area contributed by atoms with E-state index in [0.717, 1.165) is 23.7 Å². The Hall–Kier alpha value is -3.44. The first kappa shape index (κ1) is 22.4. The molecule has 5 rings (SSSR count). The number of nitrogens with one attached hydrogen (secondary N) is 3. The predicted molar refractivity (Wildman–Crippen MR) is 147 cm³/mol. The van der Waals surface area contributed by atoms with E-state index in [0.29, 0.717) is 5.11 Å². The summed E-state index contributed by atoms with van der Waals surface area (Å²) < 4.78 is 0. The third-order valence-corrected chi connectivity index (χ3v) is 7.07. The van der Waals surface area contributed by atoms with Gasteiger partial charge in [0.1, 0.15) is 5.82 Å². The Morgan fingerprint density at radius 3 is 2.29 bits per heavy atom. The molecule has 0 bridgehead atoms. The van der Waals surface area contributed by atoms with Gasteiger partial charge >= 0.3 is 0 Å². The minimum atomic E-state index is 0.150. The third kappa shape index (κ3) is 5.20. The molecule has 5 heteroatoms. The summed E-state index contributed by atoms with van der Waals surface area (Å²) in [6.07, 6.45) is 8.07. The minimum Gasteiger partial charge on any atom is -0.362 e. The quantitative estimate of drug-likeness (QED) is 0.263. The van der Waals surface area contributed by atoms with Gasteiger partial charge in [-0.3, -0.25) is 0 Å². The zero-order chi connectivity index (χ0) is 23.2. The predicted octanol–water partition coefficient (Wildman–Crippen LogP) is 7.17. The van der Waals surface area contributed by atoms with Crippen LogP contribution in [0, 0.1) is 0 Å². The molecule has 4 nitrogen and oxygen atoms in total. The van der Waals surface area contributed by atoms with Crippen LogP contribution in [0.25, 0.3) is 10.8 Å². The molecular weight excluding hydrogens is 436 g/mol. The van der Waals surface area contributed by atoms with E-state index in [2.05, 4.69) is 93.7 Å². The van der Waals surface area contributed by atoms with E-state index in [-0.39, 0.29) is 5.41 Å². The lowest BCUT2D eigenvalue weighted by Crippen LogP contribution is -2.43. The number of thiocarbonyl (C=S) groups is 1. The number of benzene rings is 3. The van der Waals surface area contributed by atoms with Crippen LogP contribution in [0.3, 0.4) is 0 Å². The fourth-order valence-electron chi connectivity index (χ4n) is 4.97. The van der Waals surface area contributed by atoms with Crippen molar-refractivity contribution in [3.05, 3.63) is 96.7 Å². The van der Waals surface area contributed by atoms with Gasteiger partial charge in [-0.2, -0.15) is 0 Å². The highest BCUT2D eigenvalue weighted by molar-refractivity contribution is 7.80. The van der Waals surface area contributed by atoms with E-state index in [9.17, 15) is 0 Å². The molecule has 0 amide bonds. The van der Waals surface area contributed by atoms with Crippen molar-refractivity contribution in [2.45, 2.75) is 37.5 Å². The summed E-state index contributed by atoms with van der Waals surface area (Å²) in [5, 5.41) is 13.2. The van der Waals surface area contributed by atoms with Gasteiger partial charge in [0, 0.05) is 17.6 Å². The van der Waals surface area contributed by atoms with Crippen molar-refractivity contribution >= 4 is 45.3 Å². The monoisotopic (exact) mass is 466 g/mol. The van der Waals surface area contributed by atoms with Crippen LogP contribution in [-0.4, -0.2) is 16.6 Å². The Labute approximate surface area is 206 Å². The number of nitrogens with zero attached hydrogens (tertiary/aromatic N) is 1. The second-order valence-electron chi connectivity index (χ2n) is 9.13. The molecule has 1 heterocycles. The standard InChI is InChI=1S/C29H30N4S/c34-28(31-21-29(17-7-2-8-18-29)24-11-3-1-4-12-24)33-26-15-16-27(30-20-26)32-25-14-13-22-9-5-6-10-23(22)19-25/h1,3-6,9-16,19-20H,2,7-8,17-18,21H2,(H,30,32)(H2,31,33,34). The normalized spacial score (nSPS) is 14.9. The van der Waals surface area contributed by atoms with Gasteiger partial charge in [0.15, 0.2) is 5.11 Å². The molecule has 0 spiro atoms. The van der Waals surface area contributed by atoms with Crippen LogP contribution in [-0.2, 0) is 5.41 Å². The Morgan fingerprint density at radius 2 is 1.53 bits per heavy atom. The van der Waals surface area contributed by atoms with Gasteiger partial charge in [-0.15, -0.1) is 0 Å². The first-order chi connectivity index (χ1) is 16.7. The summed E-state index contributed by atoms with van der Waals surface area (Å²) in [5.41, 5.74) is 3.45. The second kappa shape index (κ2) is 10.2. The number of hydrogen-bond donors (Lipinski definition) is 3. The number of fused-ring (bicyclic) bond motifs is 1. The first-order valence-corrected chi connectivity index (χ1v) is 12.4. The van der Waals surface area contributed by atoms with Gasteiger partial charge in [-0.25, -0.2) is 4.98 Å². The molecule has 0 atom stereocenters. The van der Waals surface area contributed by atoms with Crippen LogP contribution in [0.5, 0.6) is 0 Å². The molecule has 4 aromatic rings. The van der Waals surface area contributed by atoms with E-state index in [1.54, 1.807) is 0 Å². The fraction of sp³-hybridized carbons (Fsp3) is 0.241. The highest BCUT2D eigenvalue weighted by Crippen LogP contribution is 2.39. The van der Waals surface area contributed by atoms with Crippen LogP contribution < -0.4 is 16.0 Å². The van der Waals surface area contributed by atoms with Gasteiger partial charge < -0.3 is 16.0 Å². The molecule has 0 aliphatic heterocycles. The van der Waals surface area contributed by atoms with E-state index < -0.39 is 0 Å². The second-order valence-corrected chi connectivity index (χ2v) is 9.54. The lowest BCUT2D eigenvalue weighted by atomic mass is 9.69. The fourth-order valence-corrected chi connectivity index (χ4v) is 5.16. The molecule has 0 unspecified atom stereocenters.